The van der Waals surface area contributed by atoms with Gasteiger partial charge >= 0.3 is 0 Å². The highest BCUT2D eigenvalue weighted by atomic mass is 79.9. The molecule has 1 amide bonds. The van der Waals surface area contributed by atoms with Crippen molar-refractivity contribution in [3.8, 4) is 0 Å². The second-order valence-corrected chi connectivity index (χ2v) is 5.73. The van der Waals surface area contributed by atoms with Gasteiger partial charge in [-0.1, -0.05) is 34.1 Å². The number of carbonyl (C=O) groups is 1. The van der Waals surface area contributed by atoms with Gasteiger partial charge in [0.1, 0.15) is 0 Å². The van der Waals surface area contributed by atoms with Crippen LogP contribution in [0.15, 0.2) is 40.9 Å². The summed E-state index contributed by atoms with van der Waals surface area (Å²) in [6.45, 7) is 3.85. The van der Waals surface area contributed by atoms with Gasteiger partial charge in [-0.3, -0.25) is 4.79 Å². The Hall–Kier alpha value is -1.81. The molecule has 0 spiro atoms. The van der Waals surface area contributed by atoms with Crippen molar-refractivity contribution in [1.29, 1.82) is 0 Å². The molecular formula is C16H17BrN2O. The first-order chi connectivity index (χ1) is 9.41. The number of amides is 1. The quantitative estimate of drug-likeness (QED) is 0.847. The van der Waals surface area contributed by atoms with E-state index in [0.29, 0.717) is 11.3 Å². The van der Waals surface area contributed by atoms with E-state index < -0.39 is 0 Å². The number of aryl methyl sites for hydroxylation is 1. The molecule has 0 saturated carbocycles. The number of hydrogen-bond acceptors (Lipinski definition) is 2. The molecule has 0 aromatic heterocycles. The summed E-state index contributed by atoms with van der Waals surface area (Å²) in [5.41, 5.74) is 9.91. The zero-order valence-corrected chi connectivity index (χ0v) is 13.4. The van der Waals surface area contributed by atoms with Crippen molar-refractivity contribution < 1.29 is 4.79 Å². The second kappa shape index (κ2) is 5.67. The third-order valence-electron chi connectivity index (χ3n) is 3.42. The smallest absolute Gasteiger partial charge is 0.258 e. The molecule has 0 aliphatic rings. The fourth-order valence-electron chi connectivity index (χ4n) is 2.15. The number of nitrogen functional groups attached to an aromatic ring is 1. The molecule has 2 N–H and O–H groups in total. The van der Waals surface area contributed by atoms with Crippen LogP contribution in [0.25, 0.3) is 0 Å². The molecule has 0 atom stereocenters. The van der Waals surface area contributed by atoms with E-state index in [1.54, 1.807) is 18.0 Å². The van der Waals surface area contributed by atoms with Crippen molar-refractivity contribution in [2.24, 2.45) is 0 Å². The second-order valence-electron chi connectivity index (χ2n) is 4.82. The Morgan fingerprint density at radius 2 is 1.85 bits per heavy atom. The van der Waals surface area contributed by atoms with Crippen LogP contribution in [-0.2, 0) is 0 Å². The Bertz CT molecular complexity index is 668. The van der Waals surface area contributed by atoms with Crippen LogP contribution in [0, 0.1) is 13.8 Å². The molecule has 2 aromatic carbocycles. The minimum atomic E-state index is -0.0650. The van der Waals surface area contributed by atoms with Gasteiger partial charge in [0.05, 0.1) is 0 Å². The van der Waals surface area contributed by atoms with E-state index in [4.69, 9.17) is 5.73 Å². The number of anilines is 2. The average molecular weight is 333 g/mol. The fraction of sp³-hybridized carbons (Fsp3) is 0.188. The molecule has 0 radical (unpaired) electrons. The zero-order valence-electron chi connectivity index (χ0n) is 11.8. The van der Waals surface area contributed by atoms with E-state index in [1.165, 1.54) is 0 Å². The van der Waals surface area contributed by atoms with E-state index in [2.05, 4.69) is 15.9 Å². The predicted octanol–water partition coefficient (Wildman–Crippen LogP) is 3.92. The van der Waals surface area contributed by atoms with Gasteiger partial charge in [0.15, 0.2) is 0 Å². The van der Waals surface area contributed by atoms with Crippen molar-refractivity contribution in [2.45, 2.75) is 13.8 Å². The van der Waals surface area contributed by atoms with Gasteiger partial charge in [-0.25, -0.2) is 0 Å². The van der Waals surface area contributed by atoms with Crippen LogP contribution in [0.4, 0.5) is 11.4 Å². The topological polar surface area (TPSA) is 46.3 Å². The molecular weight excluding hydrogens is 316 g/mol. The normalized spacial score (nSPS) is 10.4. The number of hydrogen-bond donors (Lipinski definition) is 1. The van der Waals surface area contributed by atoms with Gasteiger partial charge in [-0.15, -0.1) is 0 Å². The van der Waals surface area contributed by atoms with Gasteiger partial charge in [0.2, 0.25) is 0 Å². The van der Waals surface area contributed by atoms with Gasteiger partial charge in [-0.05, 0) is 43.2 Å². The molecule has 2 aromatic rings. The summed E-state index contributed by atoms with van der Waals surface area (Å²) in [6.07, 6.45) is 0. The third-order valence-corrected chi connectivity index (χ3v) is 3.88. The zero-order chi connectivity index (χ0) is 14.9. The minimum absolute atomic E-state index is 0.0650. The van der Waals surface area contributed by atoms with Gasteiger partial charge in [0, 0.05) is 28.5 Å². The number of benzene rings is 2. The van der Waals surface area contributed by atoms with Crippen LogP contribution < -0.4 is 10.6 Å². The largest absolute Gasteiger partial charge is 0.398 e. The van der Waals surface area contributed by atoms with Crippen LogP contribution >= 0.6 is 15.9 Å². The first-order valence-corrected chi connectivity index (χ1v) is 7.10. The number of nitrogens with zero attached hydrogens (tertiary/aromatic N) is 1. The highest BCUT2D eigenvalue weighted by Crippen LogP contribution is 2.26. The van der Waals surface area contributed by atoms with Crippen molar-refractivity contribution in [1.82, 2.24) is 0 Å². The Kier molecular flexibility index (Phi) is 4.14. The number of halogens is 1. The van der Waals surface area contributed by atoms with Crippen LogP contribution in [0.3, 0.4) is 0 Å². The molecule has 0 unspecified atom stereocenters. The van der Waals surface area contributed by atoms with Gasteiger partial charge in [-0.2, -0.15) is 0 Å². The standard InChI is InChI=1S/C16H17BrN2O/c1-10-6-4-5-7-15(10)19(3)16(20)13-8-12(17)9-14(18)11(13)2/h4-9H,18H2,1-3H3. The summed E-state index contributed by atoms with van der Waals surface area (Å²) < 4.78 is 0.808. The van der Waals surface area contributed by atoms with Crippen LogP contribution in [0.1, 0.15) is 21.5 Å². The van der Waals surface area contributed by atoms with Crippen LogP contribution in [-0.4, -0.2) is 13.0 Å². The molecule has 0 heterocycles. The Morgan fingerprint density at radius 1 is 1.20 bits per heavy atom. The van der Waals surface area contributed by atoms with Crippen molar-refractivity contribution in [3.05, 3.63) is 57.6 Å². The molecule has 0 fully saturated rings. The van der Waals surface area contributed by atoms with Crippen molar-refractivity contribution >= 4 is 33.2 Å². The molecule has 20 heavy (non-hydrogen) atoms. The number of nitrogens with two attached hydrogens (primary N) is 1. The van der Waals surface area contributed by atoms with E-state index in [-0.39, 0.29) is 5.91 Å². The molecule has 0 saturated heterocycles. The summed E-state index contributed by atoms with van der Waals surface area (Å²) in [5.74, 6) is -0.0650. The summed E-state index contributed by atoms with van der Waals surface area (Å²) >= 11 is 3.38. The van der Waals surface area contributed by atoms with Crippen LogP contribution in [0.5, 0.6) is 0 Å². The highest BCUT2D eigenvalue weighted by Gasteiger charge is 2.18. The number of para-hydroxylation sites is 1. The fourth-order valence-corrected chi connectivity index (χ4v) is 2.63. The monoisotopic (exact) mass is 332 g/mol. The lowest BCUT2D eigenvalue weighted by molar-refractivity contribution is 0.0992. The van der Waals surface area contributed by atoms with Crippen LogP contribution in [0.2, 0.25) is 0 Å². The lowest BCUT2D eigenvalue weighted by Crippen LogP contribution is -2.27. The van der Waals surface area contributed by atoms with E-state index in [9.17, 15) is 4.79 Å². The maximum atomic E-state index is 12.7. The van der Waals surface area contributed by atoms with E-state index >= 15 is 0 Å². The van der Waals surface area contributed by atoms with E-state index in [0.717, 1.165) is 21.3 Å². The third kappa shape index (κ3) is 2.70. The van der Waals surface area contributed by atoms with Crippen molar-refractivity contribution in [3.63, 3.8) is 0 Å². The molecule has 3 nitrogen and oxygen atoms in total. The SMILES string of the molecule is Cc1ccccc1N(C)C(=O)c1cc(Br)cc(N)c1C. The molecule has 0 bridgehead atoms. The van der Waals surface area contributed by atoms with Crippen molar-refractivity contribution in [2.75, 3.05) is 17.7 Å². The Labute approximate surface area is 127 Å². The highest BCUT2D eigenvalue weighted by molar-refractivity contribution is 9.10. The lowest BCUT2D eigenvalue weighted by Gasteiger charge is -2.21. The number of carbonyl (C=O) groups excluding carboxylic acids is 1. The first-order valence-electron chi connectivity index (χ1n) is 6.31. The minimum Gasteiger partial charge on any atom is -0.398 e. The molecule has 0 aliphatic carbocycles. The molecule has 4 heteroatoms. The Morgan fingerprint density at radius 3 is 2.50 bits per heavy atom. The maximum absolute atomic E-state index is 12.7. The maximum Gasteiger partial charge on any atom is 0.258 e. The molecule has 0 aliphatic heterocycles. The predicted molar refractivity (Wildman–Crippen MR) is 87.2 cm³/mol. The van der Waals surface area contributed by atoms with Gasteiger partial charge in [0.25, 0.3) is 5.91 Å². The summed E-state index contributed by atoms with van der Waals surface area (Å²) in [5, 5.41) is 0. The van der Waals surface area contributed by atoms with Gasteiger partial charge < -0.3 is 10.6 Å². The summed E-state index contributed by atoms with van der Waals surface area (Å²) in [6, 6.07) is 11.4. The van der Waals surface area contributed by atoms with E-state index in [1.807, 2.05) is 44.2 Å². The number of rotatable bonds is 2. The average Bonchev–Trinajstić information content (AvgIpc) is 2.42. The first kappa shape index (κ1) is 14.6. The molecule has 104 valence electrons. The molecule has 2 rings (SSSR count). The summed E-state index contributed by atoms with van der Waals surface area (Å²) in [7, 11) is 1.78. The Balaban J connectivity index is 2.44. The lowest BCUT2D eigenvalue weighted by atomic mass is 10.1. The summed E-state index contributed by atoms with van der Waals surface area (Å²) in [4.78, 5) is 14.3.